The fourth-order valence-electron chi connectivity index (χ4n) is 2.32. The molecule has 0 bridgehead atoms. The van der Waals surface area contributed by atoms with Crippen molar-refractivity contribution in [1.82, 2.24) is 9.78 Å². The summed E-state index contributed by atoms with van der Waals surface area (Å²) in [6.45, 7) is 10.6. The molecule has 2 rings (SSSR count). The largest absolute Gasteiger partial charge is 0.376 e. The van der Waals surface area contributed by atoms with Crippen molar-refractivity contribution >= 4 is 5.69 Å². The smallest absolute Gasteiger partial charge is 0.0828 e. The van der Waals surface area contributed by atoms with Crippen LogP contribution in [0, 0.1) is 27.7 Å². The maximum atomic E-state index is 4.44. The molecule has 0 fully saturated rings. The highest BCUT2D eigenvalue weighted by molar-refractivity contribution is 5.53. The van der Waals surface area contributed by atoms with Crippen molar-refractivity contribution in [1.29, 1.82) is 0 Å². The Balaban J connectivity index is 2.25. The molecule has 0 saturated heterocycles. The van der Waals surface area contributed by atoms with E-state index in [1.165, 1.54) is 22.4 Å². The minimum Gasteiger partial charge on any atom is -0.376 e. The van der Waals surface area contributed by atoms with Gasteiger partial charge in [0.15, 0.2) is 0 Å². The van der Waals surface area contributed by atoms with Crippen molar-refractivity contribution in [2.45, 2.75) is 40.7 Å². The minimum absolute atomic E-state index is 0.279. The summed E-state index contributed by atoms with van der Waals surface area (Å²) < 4.78 is 1.92. The second-order valence-corrected chi connectivity index (χ2v) is 5.38. The van der Waals surface area contributed by atoms with Gasteiger partial charge in [-0.2, -0.15) is 5.10 Å². The van der Waals surface area contributed by atoms with Gasteiger partial charge in [0, 0.05) is 13.1 Å². The molecule has 1 aromatic heterocycles. The Hall–Kier alpha value is -1.77. The Morgan fingerprint density at radius 3 is 2.32 bits per heavy atom. The lowest BCUT2D eigenvalue weighted by atomic mass is 10.0. The molecule has 3 heteroatoms. The van der Waals surface area contributed by atoms with Crippen LogP contribution in [0.25, 0.3) is 0 Å². The average molecular weight is 257 g/mol. The van der Waals surface area contributed by atoms with E-state index in [1.807, 2.05) is 18.7 Å². The molecule has 1 aromatic carbocycles. The van der Waals surface area contributed by atoms with Crippen LogP contribution in [-0.2, 0) is 7.05 Å². The number of rotatable bonds is 3. The third-order valence-electron chi connectivity index (χ3n) is 3.90. The first-order valence-corrected chi connectivity index (χ1v) is 6.74. The van der Waals surface area contributed by atoms with Crippen LogP contribution >= 0.6 is 0 Å². The standard InChI is InChI=1S/C16H23N3/c1-10-7-8-15(9-11(10)2)12(3)17-16-13(4)18-19(6)14(16)5/h7-9,12,17H,1-6H3. The predicted octanol–water partition coefficient (Wildman–Crippen LogP) is 3.83. The lowest BCUT2D eigenvalue weighted by Crippen LogP contribution is -2.08. The molecule has 0 saturated carbocycles. The summed E-state index contributed by atoms with van der Waals surface area (Å²) in [7, 11) is 1.98. The van der Waals surface area contributed by atoms with Crippen molar-refractivity contribution in [2.24, 2.45) is 7.05 Å². The molecular weight excluding hydrogens is 234 g/mol. The van der Waals surface area contributed by atoms with Gasteiger partial charge in [-0.05, 0) is 51.3 Å². The molecule has 1 N–H and O–H groups in total. The second kappa shape index (κ2) is 5.08. The van der Waals surface area contributed by atoms with Crippen molar-refractivity contribution in [3.05, 3.63) is 46.3 Å². The molecular formula is C16H23N3. The van der Waals surface area contributed by atoms with Gasteiger partial charge in [0.05, 0.1) is 17.1 Å². The molecule has 1 unspecified atom stereocenters. The van der Waals surface area contributed by atoms with Gasteiger partial charge in [0.1, 0.15) is 0 Å². The van der Waals surface area contributed by atoms with E-state index in [4.69, 9.17) is 0 Å². The topological polar surface area (TPSA) is 29.9 Å². The summed E-state index contributed by atoms with van der Waals surface area (Å²) >= 11 is 0. The van der Waals surface area contributed by atoms with Gasteiger partial charge in [-0.1, -0.05) is 18.2 Å². The zero-order valence-corrected chi connectivity index (χ0v) is 12.7. The number of benzene rings is 1. The van der Waals surface area contributed by atoms with Gasteiger partial charge in [0.2, 0.25) is 0 Å². The Morgan fingerprint density at radius 2 is 1.79 bits per heavy atom. The zero-order valence-electron chi connectivity index (χ0n) is 12.7. The van der Waals surface area contributed by atoms with Crippen LogP contribution in [0.5, 0.6) is 0 Å². The third kappa shape index (κ3) is 2.65. The number of aromatic nitrogens is 2. The summed E-state index contributed by atoms with van der Waals surface area (Å²) in [4.78, 5) is 0. The Kier molecular flexibility index (Phi) is 3.65. The lowest BCUT2D eigenvalue weighted by Gasteiger charge is -2.17. The van der Waals surface area contributed by atoms with Crippen LogP contribution in [0.4, 0.5) is 5.69 Å². The summed E-state index contributed by atoms with van der Waals surface area (Å²) in [5.41, 5.74) is 7.36. The van der Waals surface area contributed by atoms with E-state index in [9.17, 15) is 0 Å². The van der Waals surface area contributed by atoms with Crippen molar-refractivity contribution in [3.63, 3.8) is 0 Å². The van der Waals surface area contributed by atoms with Crippen LogP contribution < -0.4 is 5.32 Å². The molecule has 19 heavy (non-hydrogen) atoms. The molecule has 0 spiro atoms. The first kappa shape index (κ1) is 13.7. The van der Waals surface area contributed by atoms with Gasteiger partial charge in [-0.25, -0.2) is 0 Å². The summed E-state index contributed by atoms with van der Waals surface area (Å²) in [6, 6.07) is 6.92. The molecule has 0 aliphatic heterocycles. The molecule has 0 aliphatic rings. The van der Waals surface area contributed by atoms with Gasteiger partial charge in [-0.15, -0.1) is 0 Å². The van der Waals surface area contributed by atoms with Gasteiger partial charge >= 0.3 is 0 Å². The van der Waals surface area contributed by atoms with E-state index in [0.717, 1.165) is 11.4 Å². The van der Waals surface area contributed by atoms with Crippen LogP contribution in [0.3, 0.4) is 0 Å². The SMILES string of the molecule is Cc1ccc(C(C)Nc2c(C)nn(C)c2C)cc1C. The van der Waals surface area contributed by atoms with Crippen LogP contribution in [0.15, 0.2) is 18.2 Å². The van der Waals surface area contributed by atoms with Gasteiger partial charge in [-0.3, -0.25) is 4.68 Å². The van der Waals surface area contributed by atoms with E-state index in [-0.39, 0.29) is 6.04 Å². The molecule has 0 radical (unpaired) electrons. The van der Waals surface area contributed by atoms with Gasteiger partial charge in [0.25, 0.3) is 0 Å². The third-order valence-corrected chi connectivity index (χ3v) is 3.90. The lowest BCUT2D eigenvalue weighted by molar-refractivity contribution is 0.731. The summed E-state index contributed by atoms with van der Waals surface area (Å²) in [6.07, 6.45) is 0. The predicted molar refractivity (Wildman–Crippen MR) is 80.6 cm³/mol. The number of hydrogen-bond acceptors (Lipinski definition) is 2. The maximum absolute atomic E-state index is 4.44. The summed E-state index contributed by atoms with van der Waals surface area (Å²) in [5, 5.41) is 8.02. The fourth-order valence-corrected chi connectivity index (χ4v) is 2.32. The minimum atomic E-state index is 0.279. The number of nitrogens with zero attached hydrogens (tertiary/aromatic N) is 2. The Morgan fingerprint density at radius 1 is 1.11 bits per heavy atom. The number of nitrogens with one attached hydrogen (secondary N) is 1. The Labute approximate surface area is 115 Å². The van der Waals surface area contributed by atoms with E-state index in [0.29, 0.717) is 0 Å². The quantitative estimate of drug-likeness (QED) is 0.905. The molecule has 0 amide bonds. The van der Waals surface area contributed by atoms with Crippen molar-refractivity contribution < 1.29 is 0 Å². The normalized spacial score (nSPS) is 12.5. The van der Waals surface area contributed by atoms with E-state index >= 15 is 0 Å². The van der Waals surface area contributed by atoms with Crippen LogP contribution in [-0.4, -0.2) is 9.78 Å². The molecule has 0 aliphatic carbocycles. The van der Waals surface area contributed by atoms with E-state index in [1.54, 1.807) is 0 Å². The van der Waals surface area contributed by atoms with E-state index in [2.05, 4.69) is 56.3 Å². The monoisotopic (exact) mass is 257 g/mol. The first-order chi connectivity index (χ1) is 8.90. The highest BCUT2D eigenvalue weighted by Crippen LogP contribution is 2.25. The number of aryl methyl sites for hydroxylation is 4. The Bertz CT molecular complexity index is 596. The van der Waals surface area contributed by atoms with Gasteiger partial charge < -0.3 is 5.32 Å². The molecule has 1 heterocycles. The van der Waals surface area contributed by atoms with Crippen LogP contribution in [0.1, 0.15) is 41.0 Å². The zero-order chi connectivity index (χ0) is 14.2. The highest BCUT2D eigenvalue weighted by atomic mass is 15.3. The first-order valence-electron chi connectivity index (χ1n) is 6.74. The maximum Gasteiger partial charge on any atom is 0.0828 e. The van der Waals surface area contributed by atoms with Crippen molar-refractivity contribution in [2.75, 3.05) is 5.32 Å². The highest BCUT2D eigenvalue weighted by Gasteiger charge is 2.13. The molecule has 3 nitrogen and oxygen atoms in total. The number of anilines is 1. The van der Waals surface area contributed by atoms with E-state index < -0.39 is 0 Å². The average Bonchev–Trinajstić information content (AvgIpc) is 2.59. The number of hydrogen-bond donors (Lipinski definition) is 1. The summed E-state index contributed by atoms with van der Waals surface area (Å²) in [5.74, 6) is 0. The second-order valence-electron chi connectivity index (χ2n) is 5.38. The molecule has 1 atom stereocenters. The van der Waals surface area contributed by atoms with Crippen LogP contribution in [0.2, 0.25) is 0 Å². The molecule has 102 valence electrons. The fraction of sp³-hybridized carbons (Fsp3) is 0.438. The van der Waals surface area contributed by atoms with Crippen molar-refractivity contribution in [3.8, 4) is 0 Å². The molecule has 2 aromatic rings.